The second kappa shape index (κ2) is 11.6. The van der Waals surface area contributed by atoms with Crippen LogP contribution in [0.2, 0.25) is 0 Å². The molecule has 0 radical (unpaired) electrons. The lowest BCUT2D eigenvalue weighted by Gasteiger charge is -2.43. The first-order chi connectivity index (χ1) is 13.2. The minimum Gasteiger partial charge on any atom is -0.356 e. The molecule has 0 amide bonds. The maximum Gasteiger partial charge on any atom is 0.191 e. The van der Waals surface area contributed by atoms with Crippen LogP contribution in [-0.4, -0.2) is 36.1 Å². The van der Waals surface area contributed by atoms with E-state index in [0.29, 0.717) is 18.1 Å². The summed E-state index contributed by atoms with van der Waals surface area (Å²) in [5, 5.41) is 6.78. The Morgan fingerprint density at radius 1 is 1.04 bits per heavy atom. The van der Waals surface area contributed by atoms with Gasteiger partial charge in [-0.3, -0.25) is 9.20 Å². The second-order valence-corrected chi connectivity index (χ2v) is 8.70. The topological polar surface area (TPSA) is 53.5 Å². The Morgan fingerprint density at radius 3 is 2.25 bits per heavy atom. The summed E-state index contributed by atoms with van der Waals surface area (Å²) in [6, 6.07) is 20.7. The number of nitrogens with zero attached hydrogens (tertiary/aromatic N) is 1. The van der Waals surface area contributed by atoms with Gasteiger partial charge < -0.3 is 10.6 Å². The van der Waals surface area contributed by atoms with Gasteiger partial charge in [-0.05, 0) is 24.0 Å². The summed E-state index contributed by atoms with van der Waals surface area (Å²) in [5.41, 5.74) is 2.74. The summed E-state index contributed by atoms with van der Waals surface area (Å²) in [4.78, 5) is 4.32. The second-order valence-electron chi connectivity index (χ2n) is 7.13. The third-order valence-corrected chi connectivity index (χ3v) is 6.62. The molecule has 0 aromatic heterocycles. The van der Waals surface area contributed by atoms with Crippen molar-refractivity contribution in [3.05, 3.63) is 71.8 Å². The Morgan fingerprint density at radius 2 is 1.68 bits per heavy atom. The van der Waals surface area contributed by atoms with E-state index in [1.54, 1.807) is 7.05 Å². The van der Waals surface area contributed by atoms with E-state index in [9.17, 15) is 4.21 Å². The monoisotopic (exact) mass is 511 g/mol. The van der Waals surface area contributed by atoms with Crippen LogP contribution in [0.1, 0.15) is 30.4 Å². The Hall–Kier alpha value is -1.41. The lowest BCUT2D eigenvalue weighted by atomic mass is 9.64. The Labute approximate surface area is 188 Å². The van der Waals surface area contributed by atoms with Gasteiger partial charge in [0, 0.05) is 47.9 Å². The van der Waals surface area contributed by atoms with Crippen LogP contribution in [-0.2, 0) is 22.0 Å². The minimum absolute atomic E-state index is 0. The van der Waals surface area contributed by atoms with Crippen molar-refractivity contribution in [1.29, 1.82) is 0 Å². The Balaban J connectivity index is 0.00000280. The van der Waals surface area contributed by atoms with Crippen molar-refractivity contribution in [3.8, 4) is 0 Å². The summed E-state index contributed by atoms with van der Waals surface area (Å²) >= 11 is 0. The molecule has 3 rings (SSSR count). The van der Waals surface area contributed by atoms with E-state index in [0.717, 1.165) is 18.1 Å². The van der Waals surface area contributed by atoms with Crippen molar-refractivity contribution in [3.63, 3.8) is 0 Å². The van der Waals surface area contributed by atoms with Crippen LogP contribution >= 0.6 is 24.0 Å². The Kier molecular flexibility index (Phi) is 9.44. The van der Waals surface area contributed by atoms with Crippen molar-refractivity contribution in [2.24, 2.45) is 4.99 Å². The van der Waals surface area contributed by atoms with E-state index < -0.39 is 10.8 Å². The van der Waals surface area contributed by atoms with Crippen LogP contribution in [0.15, 0.2) is 65.7 Å². The molecule has 1 aliphatic rings. The highest BCUT2D eigenvalue weighted by Gasteiger charge is 2.38. The molecule has 28 heavy (non-hydrogen) atoms. The smallest absolute Gasteiger partial charge is 0.191 e. The quantitative estimate of drug-likeness (QED) is 0.322. The summed E-state index contributed by atoms with van der Waals surface area (Å²) in [5.74, 6) is 2.00. The molecule has 1 atom stereocenters. The van der Waals surface area contributed by atoms with E-state index in [4.69, 9.17) is 0 Å². The van der Waals surface area contributed by atoms with Crippen LogP contribution in [0.5, 0.6) is 0 Å². The lowest BCUT2D eigenvalue weighted by Crippen LogP contribution is -2.49. The Bertz CT molecular complexity index is 764. The molecular weight excluding hydrogens is 481 g/mol. The van der Waals surface area contributed by atoms with E-state index in [1.807, 2.05) is 30.3 Å². The third kappa shape index (κ3) is 6.30. The van der Waals surface area contributed by atoms with Gasteiger partial charge in [0.05, 0.1) is 0 Å². The molecule has 2 aromatic carbocycles. The van der Waals surface area contributed by atoms with Crippen LogP contribution in [0.4, 0.5) is 0 Å². The number of rotatable bonds is 8. The number of hydrogen-bond donors (Lipinski definition) is 2. The normalized spacial score (nSPS) is 16.4. The zero-order valence-corrected chi connectivity index (χ0v) is 19.5. The fraction of sp³-hybridized carbons (Fsp3) is 0.409. The van der Waals surface area contributed by atoms with Gasteiger partial charge in [-0.15, -0.1) is 24.0 Å². The van der Waals surface area contributed by atoms with E-state index in [2.05, 4.69) is 46.0 Å². The summed E-state index contributed by atoms with van der Waals surface area (Å²) in [7, 11) is 0.908. The largest absolute Gasteiger partial charge is 0.356 e. The molecule has 152 valence electrons. The summed E-state index contributed by atoms with van der Waals surface area (Å²) < 4.78 is 12.3. The fourth-order valence-corrected chi connectivity index (χ4v) is 4.59. The number of hydrogen-bond acceptors (Lipinski definition) is 2. The van der Waals surface area contributed by atoms with E-state index >= 15 is 0 Å². The molecule has 4 nitrogen and oxygen atoms in total. The molecule has 0 bridgehead atoms. The average molecular weight is 511 g/mol. The molecule has 0 aliphatic heterocycles. The van der Waals surface area contributed by atoms with Gasteiger partial charge in [0.25, 0.3) is 0 Å². The standard InChI is InChI=1S/C22H29N3OS.HI/c1-23-21(24-15-16-27(26)17-19-9-4-2-5-10-19)25-18-22(13-8-14-22)20-11-6-3-7-12-20;/h2-7,9-12H,8,13-18H2,1H3,(H2,23,24,25);1H. The van der Waals surface area contributed by atoms with Gasteiger partial charge in [0.2, 0.25) is 0 Å². The molecule has 0 spiro atoms. The first kappa shape index (κ1) is 22.9. The predicted octanol–water partition coefficient (Wildman–Crippen LogP) is 3.84. The van der Waals surface area contributed by atoms with Crippen LogP contribution in [0.25, 0.3) is 0 Å². The first-order valence-electron chi connectivity index (χ1n) is 9.61. The summed E-state index contributed by atoms with van der Waals surface area (Å²) in [6.45, 7) is 1.53. The molecule has 0 heterocycles. The average Bonchev–Trinajstić information content (AvgIpc) is 2.67. The highest BCUT2D eigenvalue weighted by atomic mass is 127. The van der Waals surface area contributed by atoms with Crippen LogP contribution < -0.4 is 10.6 Å². The van der Waals surface area contributed by atoms with Crippen molar-refractivity contribution in [2.75, 3.05) is 25.9 Å². The molecule has 2 N–H and O–H groups in total. The van der Waals surface area contributed by atoms with Gasteiger partial charge in [-0.2, -0.15) is 0 Å². The molecule has 0 saturated heterocycles. The van der Waals surface area contributed by atoms with Gasteiger partial charge >= 0.3 is 0 Å². The number of aliphatic imine (C=N–C) groups is 1. The lowest BCUT2D eigenvalue weighted by molar-refractivity contribution is 0.244. The zero-order chi connectivity index (χ0) is 19.0. The maximum absolute atomic E-state index is 12.3. The molecule has 6 heteroatoms. The molecule has 2 aromatic rings. The van der Waals surface area contributed by atoms with Crippen molar-refractivity contribution in [2.45, 2.75) is 30.4 Å². The molecule has 1 unspecified atom stereocenters. The van der Waals surface area contributed by atoms with E-state index in [1.165, 1.54) is 24.8 Å². The van der Waals surface area contributed by atoms with Crippen LogP contribution in [0, 0.1) is 0 Å². The summed E-state index contributed by atoms with van der Waals surface area (Å²) in [6.07, 6.45) is 3.70. The van der Waals surface area contributed by atoms with Gasteiger partial charge in [0.15, 0.2) is 5.96 Å². The predicted molar refractivity (Wildman–Crippen MR) is 130 cm³/mol. The molecule has 1 aliphatic carbocycles. The van der Waals surface area contributed by atoms with Crippen molar-refractivity contribution in [1.82, 2.24) is 10.6 Å². The van der Waals surface area contributed by atoms with Gasteiger partial charge in [0.1, 0.15) is 0 Å². The fourth-order valence-electron chi connectivity index (χ4n) is 3.55. The van der Waals surface area contributed by atoms with Crippen molar-refractivity contribution >= 4 is 40.7 Å². The van der Waals surface area contributed by atoms with Crippen LogP contribution in [0.3, 0.4) is 0 Å². The number of benzene rings is 2. The first-order valence-corrected chi connectivity index (χ1v) is 11.1. The van der Waals surface area contributed by atoms with Gasteiger partial charge in [-0.1, -0.05) is 67.1 Å². The zero-order valence-electron chi connectivity index (χ0n) is 16.4. The van der Waals surface area contributed by atoms with Gasteiger partial charge in [-0.25, -0.2) is 0 Å². The number of halogens is 1. The van der Waals surface area contributed by atoms with Crippen molar-refractivity contribution < 1.29 is 4.21 Å². The third-order valence-electron chi connectivity index (χ3n) is 5.31. The van der Waals surface area contributed by atoms with E-state index in [-0.39, 0.29) is 29.4 Å². The minimum atomic E-state index is -0.876. The molecule has 1 fully saturated rings. The maximum atomic E-state index is 12.3. The highest BCUT2D eigenvalue weighted by molar-refractivity contribution is 14.0. The molecular formula is C22H30IN3OS. The highest BCUT2D eigenvalue weighted by Crippen LogP contribution is 2.43. The molecule has 1 saturated carbocycles. The SMILES string of the molecule is CN=C(NCCS(=O)Cc1ccccc1)NCC1(c2ccccc2)CCC1.I. The number of nitrogens with one attached hydrogen (secondary N) is 2. The number of guanidine groups is 1.